The lowest BCUT2D eigenvalue weighted by atomic mass is 9.50. The molecule has 200 valence electrons. The van der Waals surface area contributed by atoms with Crippen molar-refractivity contribution in [2.45, 2.75) is 36.4 Å². The molecule has 1 aromatic heterocycles. The van der Waals surface area contributed by atoms with Crippen LogP contribution in [0, 0.1) is 17.8 Å². The molecule has 3 aliphatic rings. The second kappa shape index (κ2) is 9.41. The van der Waals surface area contributed by atoms with E-state index in [0.717, 1.165) is 0 Å². The third-order valence-corrected chi connectivity index (χ3v) is 7.97. The van der Waals surface area contributed by atoms with Crippen molar-refractivity contribution in [1.82, 2.24) is 0 Å². The van der Waals surface area contributed by atoms with E-state index in [-0.39, 0.29) is 30.6 Å². The van der Waals surface area contributed by atoms with Crippen molar-refractivity contribution < 1.29 is 42.5 Å². The van der Waals surface area contributed by atoms with Gasteiger partial charge in [0.15, 0.2) is 5.76 Å². The number of furan rings is 1. The standard InChI is InChI=1S/C27H28N2O9/c1-34-16-5-3-14(4-6-16)23(31)37-19-11-18(24(32)35-2)26(28)9-7-17-25(33)38-20(15-8-10-36-13-15)12-27(17,29)22(26)21(19)30/h3-6,8,10-11,13,17-18,20,22H,7,9,12,28-29H2,1-2H3/t17-,18-,20-,22-,26+,27+/m0/s1. The van der Waals surface area contributed by atoms with E-state index in [1.165, 1.54) is 45.0 Å². The first kappa shape index (κ1) is 25.7. The number of ether oxygens (including phenoxy) is 4. The van der Waals surface area contributed by atoms with E-state index in [0.29, 0.717) is 11.3 Å². The summed E-state index contributed by atoms with van der Waals surface area (Å²) < 4.78 is 26.4. The average Bonchev–Trinajstić information content (AvgIpc) is 3.44. The summed E-state index contributed by atoms with van der Waals surface area (Å²) in [5.74, 6) is -5.87. The van der Waals surface area contributed by atoms with Gasteiger partial charge in [-0.2, -0.15) is 0 Å². The Morgan fingerprint density at radius 2 is 1.79 bits per heavy atom. The molecule has 2 aliphatic carbocycles. The first-order valence-electron chi connectivity index (χ1n) is 12.1. The van der Waals surface area contributed by atoms with Gasteiger partial charge in [-0.1, -0.05) is 0 Å². The van der Waals surface area contributed by atoms with Crippen LogP contribution in [-0.4, -0.2) is 49.0 Å². The lowest BCUT2D eigenvalue weighted by Gasteiger charge is -2.58. The summed E-state index contributed by atoms with van der Waals surface area (Å²) in [7, 11) is 2.69. The maximum atomic E-state index is 14.0. The van der Waals surface area contributed by atoms with Gasteiger partial charge in [0.05, 0.1) is 50.1 Å². The van der Waals surface area contributed by atoms with Crippen LogP contribution in [0.2, 0.25) is 0 Å². The minimum Gasteiger partial charge on any atom is -0.497 e. The highest BCUT2D eigenvalue weighted by atomic mass is 16.6. The van der Waals surface area contributed by atoms with Crippen LogP contribution in [0.1, 0.15) is 41.3 Å². The van der Waals surface area contributed by atoms with Crippen LogP contribution in [0.4, 0.5) is 0 Å². The molecule has 4 N–H and O–H groups in total. The summed E-state index contributed by atoms with van der Waals surface area (Å²) in [5.41, 5.74) is 11.5. The Kier molecular flexibility index (Phi) is 6.36. The van der Waals surface area contributed by atoms with Gasteiger partial charge < -0.3 is 34.8 Å². The second-order valence-electron chi connectivity index (χ2n) is 9.95. The number of rotatable bonds is 5. The first-order chi connectivity index (χ1) is 18.1. The SMILES string of the molecule is COC(=O)[C@@H]1C=C(OC(=O)c2ccc(OC)cc2)C(=O)[C@H]2[C@@]1(N)CC[C@H]1C(=O)O[C@H](c3ccoc3)C[C@]21N. The molecule has 1 aromatic carbocycles. The Hall–Kier alpha value is -3.96. The van der Waals surface area contributed by atoms with Crippen LogP contribution in [-0.2, 0) is 28.6 Å². The Bertz CT molecular complexity index is 1300. The zero-order valence-corrected chi connectivity index (χ0v) is 20.9. The lowest BCUT2D eigenvalue weighted by molar-refractivity contribution is -0.179. The molecular formula is C27H28N2O9. The maximum absolute atomic E-state index is 14.0. The van der Waals surface area contributed by atoms with Gasteiger partial charge in [0.25, 0.3) is 0 Å². The average molecular weight is 525 g/mol. The van der Waals surface area contributed by atoms with Crippen LogP contribution < -0.4 is 16.2 Å². The molecule has 0 spiro atoms. The number of esters is 3. The molecule has 0 unspecified atom stereocenters. The van der Waals surface area contributed by atoms with Crippen LogP contribution in [0.15, 0.2) is 59.1 Å². The Morgan fingerprint density at radius 1 is 1.05 bits per heavy atom. The summed E-state index contributed by atoms with van der Waals surface area (Å²) >= 11 is 0. The van der Waals surface area contributed by atoms with Crippen molar-refractivity contribution in [2.24, 2.45) is 29.2 Å². The Balaban J connectivity index is 1.54. The van der Waals surface area contributed by atoms with Crippen molar-refractivity contribution in [3.05, 3.63) is 65.8 Å². The Morgan fingerprint density at radius 3 is 2.42 bits per heavy atom. The monoisotopic (exact) mass is 524 g/mol. The van der Waals surface area contributed by atoms with Gasteiger partial charge in [0.1, 0.15) is 11.9 Å². The minimum absolute atomic E-state index is 0.0475. The van der Waals surface area contributed by atoms with Crippen LogP contribution in [0.3, 0.4) is 0 Å². The number of hydrogen-bond donors (Lipinski definition) is 2. The highest BCUT2D eigenvalue weighted by Crippen LogP contribution is 2.55. The number of hydrogen-bond acceptors (Lipinski definition) is 11. The fourth-order valence-corrected chi connectivity index (χ4v) is 6.07. The molecule has 2 fully saturated rings. The van der Waals surface area contributed by atoms with E-state index in [9.17, 15) is 19.2 Å². The largest absolute Gasteiger partial charge is 0.497 e. The number of cyclic esters (lactones) is 1. The quantitative estimate of drug-likeness (QED) is 0.432. The zero-order chi connectivity index (χ0) is 27.2. The van der Waals surface area contributed by atoms with E-state index in [2.05, 4.69) is 0 Å². The molecule has 2 heterocycles. The zero-order valence-electron chi connectivity index (χ0n) is 20.9. The van der Waals surface area contributed by atoms with Crippen molar-refractivity contribution in [3.63, 3.8) is 0 Å². The molecule has 6 atom stereocenters. The fraction of sp³-hybridized carbons (Fsp3) is 0.407. The van der Waals surface area contributed by atoms with Crippen LogP contribution >= 0.6 is 0 Å². The van der Waals surface area contributed by atoms with Gasteiger partial charge in [-0.25, -0.2) is 4.79 Å². The number of methoxy groups -OCH3 is 2. The molecule has 38 heavy (non-hydrogen) atoms. The normalized spacial score (nSPS) is 32.3. The Labute approximate surface area is 218 Å². The van der Waals surface area contributed by atoms with Crippen molar-refractivity contribution in [1.29, 1.82) is 0 Å². The molecule has 1 saturated heterocycles. The van der Waals surface area contributed by atoms with E-state index < -0.39 is 58.6 Å². The summed E-state index contributed by atoms with van der Waals surface area (Å²) in [6, 6.07) is 7.74. The van der Waals surface area contributed by atoms with Gasteiger partial charge in [-0.05, 0) is 49.2 Å². The van der Waals surface area contributed by atoms with E-state index >= 15 is 0 Å². The summed E-state index contributed by atoms with van der Waals surface area (Å²) in [6.07, 6.45) is 3.68. The molecular weight excluding hydrogens is 496 g/mol. The molecule has 0 radical (unpaired) electrons. The number of benzene rings is 1. The van der Waals surface area contributed by atoms with E-state index in [1.54, 1.807) is 18.2 Å². The fourth-order valence-electron chi connectivity index (χ4n) is 6.07. The van der Waals surface area contributed by atoms with Gasteiger partial charge in [0, 0.05) is 23.1 Å². The van der Waals surface area contributed by atoms with Gasteiger partial charge >= 0.3 is 17.9 Å². The first-order valence-corrected chi connectivity index (χ1v) is 12.1. The number of ketones is 1. The lowest BCUT2D eigenvalue weighted by Crippen LogP contribution is -2.76. The van der Waals surface area contributed by atoms with Gasteiger partial charge in [-0.3, -0.25) is 14.4 Å². The molecule has 1 saturated carbocycles. The van der Waals surface area contributed by atoms with Crippen LogP contribution in [0.5, 0.6) is 5.75 Å². The molecule has 2 aromatic rings. The maximum Gasteiger partial charge on any atom is 0.343 e. The smallest absolute Gasteiger partial charge is 0.343 e. The predicted molar refractivity (Wildman–Crippen MR) is 129 cm³/mol. The summed E-state index contributed by atoms with van der Waals surface area (Å²) in [5, 5.41) is 0. The number of carbonyl (C=O) groups excluding carboxylic acids is 4. The van der Waals surface area contributed by atoms with Crippen molar-refractivity contribution in [2.75, 3.05) is 14.2 Å². The van der Waals surface area contributed by atoms with Gasteiger partial charge in [0.2, 0.25) is 5.78 Å². The second-order valence-corrected chi connectivity index (χ2v) is 9.95. The third-order valence-electron chi connectivity index (χ3n) is 7.97. The predicted octanol–water partition coefficient (Wildman–Crippen LogP) is 1.81. The summed E-state index contributed by atoms with van der Waals surface area (Å²) in [6.45, 7) is 0. The number of nitrogens with two attached hydrogens (primary N) is 2. The number of carbonyl (C=O) groups is 4. The molecule has 11 heteroatoms. The highest BCUT2D eigenvalue weighted by Gasteiger charge is 2.67. The molecule has 1 aliphatic heterocycles. The molecule has 0 amide bonds. The van der Waals surface area contributed by atoms with Gasteiger partial charge in [-0.15, -0.1) is 0 Å². The van der Waals surface area contributed by atoms with Crippen LogP contribution in [0.25, 0.3) is 0 Å². The van der Waals surface area contributed by atoms with Crippen molar-refractivity contribution in [3.8, 4) is 5.75 Å². The third kappa shape index (κ3) is 3.98. The number of fused-ring (bicyclic) bond motifs is 3. The highest BCUT2D eigenvalue weighted by molar-refractivity contribution is 6.04. The number of allylic oxidation sites excluding steroid dienone is 1. The molecule has 0 bridgehead atoms. The summed E-state index contributed by atoms with van der Waals surface area (Å²) in [4.78, 5) is 53.0. The number of Topliss-reactive ketones (excluding diaryl/α,β-unsaturated/α-hetero) is 1. The molecule has 11 nitrogen and oxygen atoms in total. The van der Waals surface area contributed by atoms with Crippen molar-refractivity contribution >= 4 is 23.7 Å². The van der Waals surface area contributed by atoms with E-state index in [4.69, 9.17) is 34.8 Å². The minimum atomic E-state index is -1.50. The van der Waals surface area contributed by atoms with E-state index in [1.807, 2.05) is 0 Å². The topological polar surface area (TPSA) is 170 Å². The molecule has 5 rings (SSSR count).